The number of nitrogens with zero attached hydrogens (tertiary/aromatic N) is 3. The standard InChI is InChI=1S/C24H35N5O3/c1-15-10-8-11-17(32-7)18(15)21-26-19(16-14-28(6)12-9-13-29(16)21)22(30)27-20(23(31)25-5)24(2,3)4/h8,10-11,20H,9,12-14H2,1-7H3,(H,25,31)(H,27,30). The lowest BCUT2D eigenvalue weighted by Gasteiger charge is -2.29. The van der Waals surface area contributed by atoms with Crippen molar-refractivity contribution in [1.29, 1.82) is 0 Å². The molecule has 1 aromatic heterocycles. The Bertz CT molecular complexity index is 1010. The summed E-state index contributed by atoms with van der Waals surface area (Å²) in [6.07, 6.45) is 0.949. The summed E-state index contributed by atoms with van der Waals surface area (Å²) in [6, 6.07) is 5.19. The van der Waals surface area contributed by atoms with Gasteiger partial charge in [0.15, 0.2) is 5.69 Å². The molecule has 174 valence electrons. The maximum absolute atomic E-state index is 13.5. The van der Waals surface area contributed by atoms with Crippen molar-refractivity contribution < 1.29 is 14.3 Å². The summed E-state index contributed by atoms with van der Waals surface area (Å²) in [5.74, 6) is 0.878. The maximum Gasteiger partial charge on any atom is 0.272 e. The van der Waals surface area contributed by atoms with Crippen molar-refractivity contribution in [3.05, 3.63) is 35.2 Å². The molecule has 8 nitrogen and oxygen atoms in total. The van der Waals surface area contributed by atoms with Crippen LogP contribution in [0.2, 0.25) is 0 Å². The van der Waals surface area contributed by atoms with E-state index in [2.05, 4.69) is 20.1 Å². The van der Waals surface area contributed by atoms with Crippen LogP contribution in [0.1, 0.15) is 48.9 Å². The molecule has 0 fully saturated rings. The molecule has 2 aromatic rings. The molecule has 0 bridgehead atoms. The molecule has 0 spiro atoms. The Labute approximate surface area is 190 Å². The molecule has 0 saturated heterocycles. The number of aryl methyl sites for hydroxylation is 1. The summed E-state index contributed by atoms with van der Waals surface area (Å²) in [5, 5.41) is 5.60. The summed E-state index contributed by atoms with van der Waals surface area (Å²) in [5.41, 5.74) is 2.67. The minimum Gasteiger partial charge on any atom is -0.496 e. The van der Waals surface area contributed by atoms with E-state index in [1.165, 1.54) is 0 Å². The summed E-state index contributed by atoms with van der Waals surface area (Å²) in [6.45, 7) is 10.1. The normalized spacial score (nSPS) is 15.5. The van der Waals surface area contributed by atoms with Gasteiger partial charge in [0.05, 0.1) is 18.4 Å². The lowest BCUT2D eigenvalue weighted by Crippen LogP contribution is -2.53. The molecule has 0 aliphatic carbocycles. The topological polar surface area (TPSA) is 88.5 Å². The molecule has 1 aliphatic heterocycles. The molecule has 3 rings (SSSR count). The van der Waals surface area contributed by atoms with Crippen molar-refractivity contribution in [2.75, 3.05) is 27.7 Å². The van der Waals surface area contributed by atoms with Crippen molar-refractivity contribution in [1.82, 2.24) is 25.1 Å². The number of methoxy groups -OCH3 is 1. The van der Waals surface area contributed by atoms with E-state index in [1.807, 2.05) is 52.9 Å². The first kappa shape index (κ1) is 23.8. The quantitative estimate of drug-likeness (QED) is 0.745. The van der Waals surface area contributed by atoms with Crippen molar-refractivity contribution in [3.8, 4) is 17.1 Å². The van der Waals surface area contributed by atoms with Gasteiger partial charge in [0, 0.05) is 20.1 Å². The Morgan fingerprint density at radius 3 is 2.56 bits per heavy atom. The number of aromatic nitrogens is 2. The third-order valence-electron chi connectivity index (χ3n) is 5.96. The zero-order valence-corrected chi connectivity index (χ0v) is 20.2. The van der Waals surface area contributed by atoms with Gasteiger partial charge in [-0.15, -0.1) is 0 Å². The molecular formula is C24H35N5O3. The van der Waals surface area contributed by atoms with E-state index in [4.69, 9.17) is 9.72 Å². The molecule has 1 aromatic carbocycles. The van der Waals surface area contributed by atoms with E-state index in [-0.39, 0.29) is 11.8 Å². The van der Waals surface area contributed by atoms with Gasteiger partial charge in [0.25, 0.3) is 5.91 Å². The monoisotopic (exact) mass is 441 g/mol. The van der Waals surface area contributed by atoms with Crippen molar-refractivity contribution >= 4 is 11.8 Å². The van der Waals surface area contributed by atoms with E-state index in [0.717, 1.165) is 47.9 Å². The van der Waals surface area contributed by atoms with Crippen LogP contribution in [-0.4, -0.2) is 60.1 Å². The predicted molar refractivity (Wildman–Crippen MR) is 125 cm³/mol. The van der Waals surface area contributed by atoms with Crippen LogP contribution < -0.4 is 15.4 Å². The zero-order chi connectivity index (χ0) is 23.6. The Morgan fingerprint density at radius 1 is 1.22 bits per heavy atom. The highest BCUT2D eigenvalue weighted by Crippen LogP contribution is 2.35. The highest BCUT2D eigenvalue weighted by molar-refractivity contribution is 5.98. The number of ether oxygens (including phenoxy) is 1. The lowest BCUT2D eigenvalue weighted by atomic mass is 9.86. The number of nitrogens with one attached hydrogen (secondary N) is 2. The number of imidazole rings is 1. The number of likely N-dealkylation sites (N-methyl/N-ethyl adjacent to an activating group) is 1. The van der Waals surface area contributed by atoms with Gasteiger partial charge in [0.2, 0.25) is 5.91 Å². The van der Waals surface area contributed by atoms with Gasteiger partial charge in [-0.1, -0.05) is 32.9 Å². The number of benzene rings is 1. The number of hydrogen-bond donors (Lipinski definition) is 2. The molecule has 8 heteroatoms. The van der Waals surface area contributed by atoms with Gasteiger partial charge in [-0.3, -0.25) is 9.59 Å². The Balaban J connectivity index is 2.13. The molecule has 2 amide bonds. The Hall–Kier alpha value is -2.87. The largest absolute Gasteiger partial charge is 0.496 e. The molecule has 32 heavy (non-hydrogen) atoms. The van der Waals surface area contributed by atoms with Gasteiger partial charge in [-0.05, 0) is 44.0 Å². The molecule has 0 saturated carbocycles. The van der Waals surface area contributed by atoms with Crippen LogP contribution in [0, 0.1) is 12.3 Å². The molecule has 1 aliphatic rings. The van der Waals surface area contributed by atoms with Gasteiger partial charge >= 0.3 is 0 Å². The van der Waals surface area contributed by atoms with E-state index in [0.29, 0.717) is 12.2 Å². The van der Waals surface area contributed by atoms with Crippen LogP contribution in [0.5, 0.6) is 5.75 Å². The SMILES string of the molecule is CNC(=O)C(NC(=O)c1nc(-c2c(C)cccc2OC)n2c1CN(C)CCC2)C(C)(C)C. The van der Waals surface area contributed by atoms with Crippen LogP contribution >= 0.6 is 0 Å². The average Bonchev–Trinajstić information content (AvgIpc) is 2.95. The van der Waals surface area contributed by atoms with E-state index in [9.17, 15) is 9.59 Å². The van der Waals surface area contributed by atoms with Crippen LogP contribution in [-0.2, 0) is 17.9 Å². The fraction of sp³-hybridized carbons (Fsp3) is 0.542. The van der Waals surface area contributed by atoms with Crippen LogP contribution in [0.3, 0.4) is 0 Å². The average molecular weight is 442 g/mol. The highest BCUT2D eigenvalue weighted by Gasteiger charge is 2.35. The number of carbonyl (C=O) groups is 2. The van der Waals surface area contributed by atoms with E-state index < -0.39 is 11.5 Å². The third-order valence-corrected chi connectivity index (χ3v) is 5.96. The molecule has 1 atom stereocenters. The first-order chi connectivity index (χ1) is 15.1. The van der Waals surface area contributed by atoms with Gasteiger partial charge in [-0.2, -0.15) is 0 Å². The van der Waals surface area contributed by atoms with Gasteiger partial charge in [0.1, 0.15) is 17.6 Å². The Morgan fingerprint density at radius 2 is 1.94 bits per heavy atom. The van der Waals surface area contributed by atoms with Gasteiger partial charge < -0.3 is 24.8 Å². The number of rotatable bonds is 5. The van der Waals surface area contributed by atoms with E-state index in [1.54, 1.807) is 14.2 Å². The van der Waals surface area contributed by atoms with Crippen molar-refractivity contribution in [2.45, 2.75) is 53.2 Å². The highest BCUT2D eigenvalue weighted by atomic mass is 16.5. The fourth-order valence-electron chi connectivity index (χ4n) is 4.21. The Kier molecular flexibility index (Phi) is 6.93. The first-order valence-corrected chi connectivity index (χ1v) is 11.0. The van der Waals surface area contributed by atoms with Crippen LogP contribution in [0.15, 0.2) is 18.2 Å². The minimum atomic E-state index is -0.683. The number of fused-ring (bicyclic) bond motifs is 1. The minimum absolute atomic E-state index is 0.228. The van der Waals surface area contributed by atoms with Gasteiger partial charge in [-0.25, -0.2) is 4.98 Å². The van der Waals surface area contributed by atoms with Crippen molar-refractivity contribution in [2.24, 2.45) is 5.41 Å². The van der Waals surface area contributed by atoms with Crippen molar-refractivity contribution in [3.63, 3.8) is 0 Å². The predicted octanol–water partition coefficient (Wildman–Crippen LogP) is 2.59. The van der Waals surface area contributed by atoms with E-state index >= 15 is 0 Å². The summed E-state index contributed by atoms with van der Waals surface area (Å²) >= 11 is 0. The summed E-state index contributed by atoms with van der Waals surface area (Å²) in [7, 11) is 5.26. The zero-order valence-electron chi connectivity index (χ0n) is 20.2. The third kappa shape index (κ3) is 4.65. The molecular weight excluding hydrogens is 406 g/mol. The summed E-state index contributed by atoms with van der Waals surface area (Å²) in [4.78, 5) is 33.0. The summed E-state index contributed by atoms with van der Waals surface area (Å²) < 4.78 is 7.77. The fourth-order valence-corrected chi connectivity index (χ4v) is 4.21. The number of carbonyl (C=O) groups excluding carboxylic acids is 2. The van der Waals surface area contributed by atoms with Crippen LogP contribution in [0.4, 0.5) is 0 Å². The molecule has 2 heterocycles. The molecule has 0 radical (unpaired) electrons. The molecule has 1 unspecified atom stereocenters. The number of amides is 2. The maximum atomic E-state index is 13.5. The smallest absolute Gasteiger partial charge is 0.272 e. The molecule has 2 N–H and O–H groups in total. The first-order valence-electron chi connectivity index (χ1n) is 11.0. The lowest BCUT2D eigenvalue weighted by molar-refractivity contribution is -0.124. The number of hydrogen-bond acceptors (Lipinski definition) is 5. The second-order valence-electron chi connectivity index (χ2n) is 9.51. The second-order valence-corrected chi connectivity index (χ2v) is 9.51. The second kappa shape index (κ2) is 9.32. The van der Waals surface area contributed by atoms with Crippen LogP contribution in [0.25, 0.3) is 11.4 Å².